The third kappa shape index (κ3) is 4.41. The monoisotopic (exact) mass is 396 g/mol. The Morgan fingerprint density at radius 2 is 1.74 bits per heavy atom. The number of alkyl halides is 2. The predicted molar refractivity (Wildman–Crippen MR) is 93.0 cm³/mol. The summed E-state index contributed by atoms with van der Waals surface area (Å²) in [5, 5.41) is 2.50. The number of fused-ring (bicyclic) bond motifs is 1. The molecule has 142 valence electrons. The molecule has 7 nitrogen and oxygen atoms in total. The molecule has 2 aromatic carbocycles. The van der Waals surface area contributed by atoms with Gasteiger partial charge in [0.15, 0.2) is 11.5 Å². The van der Waals surface area contributed by atoms with Crippen molar-refractivity contribution in [1.82, 2.24) is 4.72 Å². The second-order valence-corrected chi connectivity index (χ2v) is 7.31. The van der Waals surface area contributed by atoms with Gasteiger partial charge in [0, 0.05) is 17.8 Å². The SMILES string of the molecule is CNS(=O)(=O)c1ccc(/C=C/C(=O)Nc2ccc3c(c2)OC(F)(F)O3)cc1. The zero-order valence-corrected chi connectivity index (χ0v) is 14.7. The summed E-state index contributed by atoms with van der Waals surface area (Å²) in [5.74, 6) is -0.805. The molecule has 1 aliphatic rings. The van der Waals surface area contributed by atoms with E-state index in [1.54, 1.807) is 0 Å². The number of ether oxygens (including phenoxy) is 2. The molecule has 0 saturated heterocycles. The van der Waals surface area contributed by atoms with E-state index >= 15 is 0 Å². The minimum atomic E-state index is -3.72. The average Bonchev–Trinajstić information content (AvgIpc) is 2.93. The van der Waals surface area contributed by atoms with E-state index in [1.807, 2.05) is 0 Å². The first-order valence-electron chi connectivity index (χ1n) is 7.61. The predicted octanol–water partition coefficient (Wildman–Crippen LogP) is 2.57. The van der Waals surface area contributed by atoms with Crippen LogP contribution in [0, 0.1) is 0 Å². The molecule has 0 spiro atoms. The van der Waals surface area contributed by atoms with Crippen molar-refractivity contribution >= 4 is 27.7 Å². The first-order chi connectivity index (χ1) is 12.7. The molecule has 2 aromatic rings. The van der Waals surface area contributed by atoms with Crippen LogP contribution in [0.15, 0.2) is 53.4 Å². The molecule has 3 rings (SSSR count). The average molecular weight is 396 g/mol. The Morgan fingerprint density at radius 1 is 1.07 bits per heavy atom. The van der Waals surface area contributed by atoms with Crippen LogP contribution in [-0.4, -0.2) is 27.7 Å². The lowest BCUT2D eigenvalue weighted by molar-refractivity contribution is -0.286. The van der Waals surface area contributed by atoms with Gasteiger partial charge < -0.3 is 14.8 Å². The van der Waals surface area contributed by atoms with E-state index < -0.39 is 22.2 Å². The quantitative estimate of drug-likeness (QED) is 0.758. The van der Waals surface area contributed by atoms with Crippen molar-refractivity contribution in [3.8, 4) is 11.5 Å². The Balaban J connectivity index is 1.65. The Bertz CT molecular complexity index is 1000. The summed E-state index contributed by atoms with van der Waals surface area (Å²) in [6.07, 6.45) is -1.02. The number of anilines is 1. The smallest absolute Gasteiger partial charge is 0.395 e. The van der Waals surface area contributed by atoms with Gasteiger partial charge in [0.25, 0.3) is 0 Å². The molecule has 27 heavy (non-hydrogen) atoms. The van der Waals surface area contributed by atoms with Gasteiger partial charge in [0.1, 0.15) is 0 Å². The van der Waals surface area contributed by atoms with Crippen LogP contribution in [-0.2, 0) is 14.8 Å². The largest absolute Gasteiger partial charge is 0.586 e. The van der Waals surface area contributed by atoms with E-state index in [1.165, 1.54) is 61.7 Å². The van der Waals surface area contributed by atoms with Gasteiger partial charge in [-0.3, -0.25) is 4.79 Å². The minimum absolute atomic E-state index is 0.101. The highest BCUT2D eigenvalue weighted by molar-refractivity contribution is 7.89. The number of hydrogen-bond acceptors (Lipinski definition) is 5. The van der Waals surface area contributed by atoms with Crippen molar-refractivity contribution in [2.24, 2.45) is 0 Å². The number of hydrogen-bond donors (Lipinski definition) is 2. The maximum atomic E-state index is 13.0. The van der Waals surface area contributed by atoms with Gasteiger partial charge in [0.05, 0.1) is 4.90 Å². The lowest BCUT2D eigenvalue weighted by atomic mass is 10.2. The second kappa shape index (κ2) is 6.97. The van der Waals surface area contributed by atoms with Crippen molar-refractivity contribution in [3.05, 3.63) is 54.1 Å². The molecule has 0 aromatic heterocycles. The lowest BCUT2D eigenvalue weighted by Crippen LogP contribution is -2.25. The van der Waals surface area contributed by atoms with E-state index in [9.17, 15) is 22.0 Å². The van der Waals surface area contributed by atoms with Crippen LogP contribution in [0.5, 0.6) is 11.5 Å². The maximum Gasteiger partial charge on any atom is 0.586 e. The number of benzene rings is 2. The highest BCUT2D eigenvalue weighted by Crippen LogP contribution is 2.42. The van der Waals surface area contributed by atoms with E-state index in [4.69, 9.17) is 0 Å². The number of carbonyl (C=O) groups is 1. The van der Waals surface area contributed by atoms with Crippen LogP contribution in [0.4, 0.5) is 14.5 Å². The van der Waals surface area contributed by atoms with Crippen LogP contribution in [0.25, 0.3) is 6.08 Å². The number of halogens is 2. The van der Waals surface area contributed by atoms with Gasteiger partial charge in [-0.15, -0.1) is 8.78 Å². The fourth-order valence-electron chi connectivity index (χ4n) is 2.26. The molecule has 0 fully saturated rings. The number of nitrogens with one attached hydrogen (secondary N) is 2. The van der Waals surface area contributed by atoms with Gasteiger partial charge in [-0.25, -0.2) is 13.1 Å². The van der Waals surface area contributed by atoms with Crippen molar-refractivity contribution in [2.45, 2.75) is 11.2 Å². The maximum absolute atomic E-state index is 13.0. The number of rotatable bonds is 5. The van der Waals surface area contributed by atoms with Crippen molar-refractivity contribution in [2.75, 3.05) is 12.4 Å². The summed E-state index contributed by atoms with van der Waals surface area (Å²) >= 11 is 0. The highest BCUT2D eigenvalue weighted by atomic mass is 32.2. The van der Waals surface area contributed by atoms with Crippen molar-refractivity contribution in [1.29, 1.82) is 0 Å². The Labute approximate surface area is 153 Å². The van der Waals surface area contributed by atoms with E-state index in [-0.39, 0.29) is 22.1 Å². The minimum Gasteiger partial charge on any atom is -0.395 e. The molecule has 0 bridgehead atoms. The van der Waals surface area contributed by atoms with Crippen molar-refractivity contribution < 1.29 is 31.5 Å². The first-order valence-corrected chi connectivity index (χ1v) is 9.09. The molecule has 0 atom stereocenters. The summed E-state index contributed by atoms with van der Waals surface area (Å²) in [4.78, 5) is 12.1. The zero-order chi connectivity index (χ0) is 19.7. The molecule has 0 aliphatic carbocycles. The Morgan fingerprint density at radius 3 is 2.41 bits per heavy atom. The second-order valence-electron chi connectivity index (χ2n) is 5.43. The Hall–Kier alpha value is -2.98. The lowest BCUT2D eigenvalue weighted by Gasteiger charge is -2.04. The number of amides is 1. The first kappa shape index (κ1) is 18.8. The third-order valence-electron chi connectivity index (χ3n) is 3.56. The Kier molecular flexibility index (Phi) is 4.85. The van der Waals surface area contributed by atoms with Gasteiger partial charge in [-0.1, -0.05) is 12.1 Å². The molecule has 1 heterocycles. The van der Waals surface area contributed by atoms with Gasteiger partial charge in [-0.2, -0.15) is 0 Å². The summed E-state index contributed by atoms with van der Waals surface area (Å²) < 4.78 is 60.0. The standard InChI is InChI=1S/C17H14F2N2O5S/c1-20-27(23,24)13-6-2-11(3-7-13)4-9-16(22)21-12-5-8-14-15(10-12)26-17(18,19)25-14/h2-10,20H,1H3,(H,21,22)/b9-4+. The van der Waals surface area contributed by atoms with Gasteiger partial charge >= 0.3 is 6.29 Å². The molecule has 1 amide bonds. The van der Waals surface area contributed by atoms with Crippen LogP contribution < -0.4 is 19.5 Å². The zero-order valence-electron chi connectivity index (χ0n) is 13.9. The molecule has 0 saturated carbocycles. The van der Waals surface area contributed by atoms with Crippen LogP contribution in [0.3, 0.4) is 0 Å². The molecule has 1 aliphatic heterocycles. The topological polar surface area (TPSA) is 93.7 Å². The molecular formula is C17H14F2N2O5S. The highest BCUT2D eigenvalue weighted by Gasteiger charge is 2.43. The molecular weight excluding hydrogens is 382 g/mol. The van der Waals surface area contributed by atoms with Gasteiger partial charge in [-0.05, 0) is 43.0 Å². The summed E-state index contributed by atoms with van der Waals surface area (Å²) in [7, 11) is -2.22. The van der Waals surface area contributed by atoms with E-state index in [0.29, 0.717) is 5.56 Å². The van der Waals surface area contributed by atoms with Crippen LogP contribution in [0.1, 0.15) is 5.56 Å². The summed E-state index contributed by atoms with van der Waals surface area (Å²) in [6.45, 7) is 0. The number of carbonyl (C=O) groups excluding carboxylic acids is 1. The molecule has 2 N–H and O–H groups in total. The summed E-state index contributed by atoms with van der Waals surface area (Å²) in [6, 6.07) is 9.76. The third-order valence-corrected chi connectivity index (χ3v) is 4.99. The van der Waals surface area contributed by atoms with E-state index in [0.717, 1.165) is 0 Å². The van der Waals surface area contributed by atoms with E-state index in [2.05, 4.69) is 19.5 Å². The van der Waals surface area contributed by atoms with Gasteiger partial charge in [0.2, 0.25) is 15.9 Å². The summed E-state index contributed by atoms with van der Waals surface area (Å²) in [5.41, 5.74) is 0.852. The molecule has 0 unspecified atom stereocenters. The fraction of sp³-hybridized carbons (Fsp3) is 0.118. The van der Waals surface area contributed by atoms with Crippen LogP contribution >= 0.6 is 0 Å². The molecule has 10 heteroatoms. The van der Waals surface area contributed by atoms with Crippen LogP contribution in [0.2, 0.25) is 0 Å². The normalized spacial score (nSPS) is 15.1. The number of sulfonamides is 1. The van der Waals surface area contributed by atoms with Crippen molar-refractivity contribution in [3.63, 3.8) is 0 Å². The molecule has 0 radical (unpaired) electrons. The fourth-order valence-corrected chi connectivity index (χ4v) is 2.99.